The van der Waals surface area contributed by atoms with Crippen LogP contribution in [0.15, 0.2) is 17.5 Å². The second kappa shape index (κ2) is 4.45. The fraction of sp³-hybridized carbons (Fsp3) is 0.667. The van der Waals surface area contributed by atoms with Gasteiger partial charge in [-0.2, -0.15) is 0 Å². The molecule has 3 atom stereocenters. The highest BCUT2D eigenvalue weighted by molar-refractivity contribution is 7.10. The Bertz CT molecular complexity index is 268. The van der Waals surface area contributed by atoms with Gasteiger partial charge in [-0.05, 0) is 42.7 Å². The Hall–Kier alpha value is -0.340. The molecule has 2 heteroatoms. The van der Waals surface area contributed by atoms with Gasteiger partial charge in [0.25, 0.3) is 0 Å². The lowest BCUT2D eigenvalue weighted by Crippen LogP contribution is -2.23. The smallest absolute Gasteiger partial charge is 0.0446 e. The molecule has 0 spiro atoms. The Morgan fingerprint density at radius 3 is 2.93 bits per heavy atom. The van der Waals surface area contributed by atoms with Crippen molar-refractivity contribution in [2.24, 2.45) is 11.8 Å². The molecule has 1 saturated carbocycles. The third-order valence-electron chi connectivity index (χ3n) is 3.06. The third kappa shape index (κ3) is 2.18. The van der Waals surface area contributed by atoms with Crippen LogP contribution in [0, 0.1) is 11.8 Å². The maximum Gasteiger partial charge on any atom is 0.0446 e. The molecule has 1 N–H and O–H groups in total. The molecule has 0 amide bonds. The van der Waals surface area contributed by atoms with E-state index in [9.17, 15) is 0 Å². The first kappa shape index (κ1) is 10.2. The van der Waals surface area contributed by atoms with E-state index in [2.05, 4.69) is 36.7 Å². The molecular weight excluding hydrogens is 190 g/mol. The monoisotopic (exact) mass is 209 g/mol. The minimum Gasteiger partial charge on any atom is -0.309 e. The van der Waals surface area contributed by atoms with E-state index in [4.69, 9.17) is 0 Å². The van der Waals surface area contributed by atoms with Gasteiger partial charge in [0.15, 0.2) is 0 Å². The SMILES string of the molecule is CCCNC(c1cccs1)C1CC1C. The summed E-state index contributed by atoms with van der Waals surface area (Å²) in [5, 5.41) is 5.86. The van der Waals surface area contributed by atoms with E-state index >= 15 is 0 Å². The lowest BCUT2D eigenvalue weighted by molar-refractivity contribution is 0.469. The van der Waals surface area contributed by atoms with Crippen molar-refractivity contribution in [1.82, 2.24) is 5.32 Å². The molecule has 0 bridgehead atoms. The highest BCUT2D eigenvalue weighted by Gasteiger charge is 2.40. The highest BCUT2D eigenvalue weighted by atomic mass is 32.1. The van der Waals surface area contributed by atoms with Crippen LogP contribution in [0.25, 0.3) is 0 Å². The maximum atomic E-state index is 3.67. The van der Waals surface area contributed by atoms with E-state index < -0.39 is 0 Å². The zero-order chi connectivity index (χ0) is 9.97. The molecule has 0 radical (unpaired) electrons. The molecule has 0 saturated heterocycles. The number of hydrogen-bond donors (Lipinski definition) is 1. The zero-order valence-electron chi connectivity index (χ0n) is 8.99. The van der Waals surface area contributed by atoms with Crippen LogP contribution in [0.2, 0.25) is 0 Å². The predicted molar refractivity (Wildman–Crippen MR) is 62.6 cm³/mol. The molecule has 78 valence electrons. The molecule has 0 aromatic carbocycles. The van der Waals surface area contributed by atoms with E-state index in [1.807, 2.05) is 11.3 Å². The number of thiophene rings is 1. The normalized spacial score (nSPS) is 27.6. The summed E-state index contributed by atoms with van der Waals surface area (Å²) in [4.78, 5) is 1.52. The number of rotatable bonds is 5. The lowest BCUT2D eigenvalue weighted by atomic mass is 10.1. The fourth-order valence-corrected chi connectivity index (χ4v) is 2.92. The summed E-state index contributed by atoms with van der Waals surface area (Å²) in [5.74, 6) is 1.81. The van der Waals surface area contributed by atoms with Crippen molar-refractivity contribution >= 4 is 11.3 Å². The van der Waals surface area contributed by atoms with Crippen molar-refractivity contribution in [3.05, 3.63) is 22.4 Å². The average Bonchev–Trinajstić information content (AvgIpc) is 2.71. The Labute approximate surface area is 90.5 Å². The van der Waals surface area contributed by atoms with Crippen molar-refractivity contribution in [3.8, 4) is 0 Å². The molecule has 3 unspecified atom stereocenters. The maximum absolute atomic E-state index is 3.67. The molecule has 1 heterocycles. The van der Waals surface area contributed by atoms with E-state index in [1.165, 1.54) is 17.7 Å². The first-order valence-corrected chi connectivity index (χ1v) is 6.47. The fourth-order valence-electron chi connectivity index (χ4n) is 2.05. The summed E-state index contributed by atoms with van der Waals surface area (Å²) in [5.41, 5.74) is 0. The molecule has 0 aliphatic heterocycles. The van der Waals surface area contributed by atoms with Crippen molar-refractivity contribution in [3.63, 3.8) is 0 Å². The average molecular weight is 209 g/mol. The highest BCUT2D eigenvalue weighted by Crippen LogP contribution is 2.47. The van der Waals surface area contributed by atoms with Gasteiger partial charge >= 0.3 is 0 Å². The minimum absolute atomic E-state index is 0.630. The molecule has 1 aromatic heterocycles. The third-order valence-corrected chi connectivity index (χ3v) is 4.02. The van der Waals surface area contributed by atoms with Crippen LogP contribution < -0.4 is 5.32 Å². The first-order valence-electron chi connectivity index (χ1n) is 5.59. The first-order chi connectivity index (χ1) is 6.83. The van der Waals surface area contributed by atoms with Crippen LogP contribution in [0.4, 0.5) is 0 Å². The van der Waals surface area contributed by atoms with Crippen LogP contribution in [0.5, 0.6) is 0 Å². The Kier molecular flexibility index (Phi) is 3.24. The summed E-state index contributed by atoms with van der Waals surface area (Å²) in [7, 11) is 0. The molecule has 2 rings (SSSR count). The molecule has 14 heavy (non-hydrogen) atoms. The molecule has 1 nitrogen and oxygen atoms in total. The van der Waals surface area contributed by atoms with E-state index in [-0.39, 0.29) is 0 Å². The van der Waals surface area contributed by atoms with Gasteiger partial charge in [-0.15, -0.1) is 11.3 Å². The van der Waals surface area contributed by atoms with E-state index in [0.717, 1.165) is 18.4 Å². The Morgan fingerprint density at radius 1 is 1.64 bits per heavy atom. The predicted octanol–water partition coefficient (Wildman–Crippen LogP) is 3.44. The van der Waals surface area contributed by atoms with Gasteiger partial charge in [-0.3, -0.25) is 0 Å². The number of nitrogens with one attached hydrogen (secondary N) is 1. The standard InChI is InChI=1S/C12H19NS/c1-3-6-13-12(10-8-9(10)2)11-5-4-7-14-11/h4-5,7,9-10,12-13H,3,6,8H2,1-2H3. The minimum atomic E-state index is 0.630. The lowest BCUT2D eigenvalue weighted by Gasteiger charge is -2.16. The van der Waals surface area contributed by atoms with E-state index in [1.54, 1.807) is 0 Å². The van der Waals surface area contributed by atoms with Gasteiger partial charge in [0.05, 0.1) is 0 Å². The quantitative estimate of drug-likeness (QED) is 0.783. The molecule has 1 aliphatic rings. The summed E-state index contributed by atoms with van der Waals surface area (Å²) in [6.45, 7) is 5.74. The summed E-state index contributed by atoms with van der Waals surface area (Å²) >= 11 is 1.89. The molecule has 1 aromatic rings. The van der Waals surface area contributed by atoms with Gasteiger partial charge in [-0.25, -0.2) is 0 Å². The second-order valence-corrected chi connectivity index (χ2v) is 5.30. The van der Waals surface area contributed by atoms with Crippen LogP contribution in [0.3, 0.4) is 0 Å². The molecular formula is C12H19NS. The van der Waals surface area contributed by atoms with Crippen LogP contribution >= 0.6 is 11.3 Å². The van der Waals surface area contributed by atoms with Gasteiger partial charge in [0, 0.05) is 10.9 Å². The number of hydrogen-bond acceptors (Lipinski definition) is 2. The topological polar surface area (TPSA) is 12.0 Å². The van der Waals surface area contributed by atoms with Crippen LogP contribution in [0.1, 0.15) is 37.6 Å². The van der Waals surface area contributed by atoms with Gasteiger partial charge in [-0.1, -0.05) is 19.9 Å². The zero-order valence-corrected chi connectivity index (χ0v) is 9.81. The van der Waals surface area contributed by atoms with Crippen molar-refractivity contribution in [2.75, 3.05) is 6.54 Å². The van der Waals surface area contributed by atoms with Crippen LogP contribution in [-0.2, 0) is 0 Å². The Morgan fingerprint density at radius 2 is 2.43 bits per heavy atom. The van der Waals surface area contributed by atoms with Crippen molar-refractivity contribution in [2.45, 2.75) is 32.7 Å². The molecule has 1 aliphatic carbocycles. The van der Waals surface area contributed by atoms with Crippen molar-refractivity contribution < 1.29 is 0 Å². The second-order valence-electron chi connectivity index (χ2n) is 4.32. The van der Waals surface area contributed by atoms with Gasteiger partial charge in [0.1, 0.15) is 0 Å². The van der Waals surface area contributed by atoms with E-state index in [0.29, 0.717) is 6.04 Å². The largest absolute Gasteiger partial charge is 0.309 e. The summed E-state index contributed by atoms with van der Waals surface area (Å²) < 4.78 is 0. The molecule has 1 fully saturated rings. The summed E-state index contributed by atoms with van der Waals surface area (Å²) in [6, 6.07) is 5.06. The van der Waals surface area contributed by atoms with Crippen LogP contribution in [-0.4, -0.2) is 6.54 Å². The van der Waals surface area contributed by atoms with Gasteiger partial charge < -0.3 is 5.32 Å². The van der Waals surface area contributed by atoms with Crippen molar-refractivity contribution in [1.29, 1.82) is 0 Å². The Balaban J connectivity index is 1.99. The summed E-state index contributed by atoms with van der Waals surface area (Å²) in [6.07, 6.45) is 2.63. The van der Waals surface area contributed by atoms with Gasteiger partial charge in [0.2, 0.25) is 0 Å².